The number of nitrogens with one attached hydrogen (secondary N) is 2. The second-order valence-electron chi connectivity index (χ2n) is 3.80. The van der Waals surface area contributed by atoms with Gasteiger partial charge < -0.3 is 5.32 Å². The molecule has 0 aliphatic carbocycles. The van der Waals surface area contributed by atoms with E-state index in [9.17, 15) is 4.79 Å². The van der Waals surface area contributed by atoms with E-state index in [1.807, 2.05) is 24.3 Å². The minimum absolute atomic E-state index is 0.177. The molecule has 0 saturated heterocycles. The van der Waals surface area contributed by atoms with E-state index in [0.29, 0.717) is 5.82 Å². The van der Waals surface area contributed by atoms with E-state index < -0.39 is 0 Å². The van der Waals surface area contributed by atoms with E-state index in [1.165, 1.54) is 12.4 Å². The number of H-pyrrole nitrogens is 1. The maximum atomic E-state index is 12.0. The van der Waals surface area contributed by atoms with Gasteiger partial charge >= 0.3 is 0 Å². The Morgan fingerprint density at radius 2 is 2.05 bits per heavy atom. The molecule has 0 fully saturated rings. The Hall–Kier alpha value is -2.47. The highest BCUT2D eigenvalue weighted by atomic mass is 35.5. The number of para-hydroxylation sites is 1. The molecular formula is C12H8ClN5O. The number of hydrogen-bond donors (Lipinski definition) is 2. The maximum absolute atomic E-state index is 12.0. The smallest absolute Gasteiger partial charge is 0.277 e. The number of benzene rings is 1. The molecule has 7 heteroatoms. The summed E-state index contributed by atoms with van der Waals surface area (Å²) in [7, 11) is 0. The van der Waals surface area contributed by atoms with Crippen LogP contribution in [0.15, 0.2) is 36.7 Å². The Morgan fingerprint density at radius 3 is 2.84 bits per heavy atom. The molecule has 3 aromatic rings. The number of amides is 1. The average Bonchev–Trinajstić information content (AvgIpc) is 2.83. The van der Waals surface area contributed by atoms with Crippen molar-refractivity contribution in [3.63, 3.8) is 0 Å². The summed E-state index contributed by atoms with van der Waals surface area (Å²) in [6.45, 7) is 0. The van der Waals surface area contributed by atoms with Crippen LogP contribution < -0.4 is 5.32 Å². The van der Waals surface area contributed by atoms with E-state index in [4.69, 9.17) is 11.6 Å². The number of nitrogens with zero attached hydrogens (tertiary/aromatic N) is 3. The minimum atomic E-state index is -0.388. The van der Waals surface area contributed by atoms with Crippen LogP contribution in [0.1, 0.15) is 10.5 Å². The molecule has 6 nitrogen and oxygen atoms in total. The Morgan fingerprint density at radius 1 is 1.21 bits per heavy atom. The molecule has 0 spiro atoms. The number of rotatable bonds is 2. The molecule has 19 heavy (non-hydrogen) atoms. The van der Waals surface area contributed by atoms with Crippen LogP contribution in [0.2, 0.25) is 5.15 Å². The fourth-order valence-corrected chi connectivity index (χ4v) is 1.76. The molecule has 1 aromatic carbocycles. The summed E-state index contributed by atoms with van der Waals surface area (Å²) in [6, 6.07) is 7.49. The summed E-state index contributed by atoms with van der Waals surface area (Å²) < 4.78 is 0. The van der Waals surface area contributed by atoms with Gasteiger partial charge in [-0.1, -0.05) is 23.7 Å². The fourth-order valence-electron chi connectivity index (χ4n) is 1.66. The zero-order valence-electron chi connectivity index (χ0n) is 9.59. The topological polar surface area (TPSA) is 83.6 Å². The zero-order valence-corrected chi connectivity index (χ0v) is 10.3. The second kappa shape index (κ2) is 4.66. The average molecular weight is 274 g/mol. The number of anilines is 1. The first-order valence-electron chi connectivity index (χ1n) is 5.46. The third kappa shape index (κ3) is 2.25. The second-order valence-corrected chi connectivity index (χ2v) is 4.18. The van der Waals surface area contributed by atoms with Crippen LogP contribution in [0.25, 0.3) is 10.9 Å². The summed E-state index contributed by atoms with van der Waals surface area (Å²) in [5, 5.41) is 10.6. The van der Waals surface area contributed by atoms with Gasteiger partial charge in [0.2, 0.25) is 0 Å². The van der Waals surface area contributed by atoms with Crippen LogP contribution in [0.3, 0.4) is 0 Å². The largest absolute Gasteiger partial charge is 0.303 e. The summed E-state index contributed by atoms with van der Waals surface area (Å²) in [4.78, 5) is 19.7. The van der Waals surface area contributed by atoms with E-state index >= 15 is 0 Å². The molecule has 0 radical (unpaired) electrons. The van der Waals surface area contributed by atoms with Gasteiger partial charge in [0.1, 0.15) is 10.8 Å². The van der Waals surface area contributed by atoms with Crippen molar-refractivity contribution in [2.24, 2.45) is 0 Å². The number of carbonyl (C=O) groups excluding carboxylic acids is 1. The van der Waals surface area contributed by atoms with Gasteiger partial charge in [-0.3, -0.25) is 9.89 Å². The van der Waals surface area contributed by atoms with Crippen molar-refractivity contribution >= 4 is 34.2 Å². The predicted octanol–water partition coefficient (Wildman–Crippen LogP) is 2.26. The Kier molecular flexibility index (Phi) is 2.85. The minimum Gasteiger partial charge on any atom is -0.303 e. The van der Waals surface area contributed by atoms with E-state index in [-0.39, 0.29) is 16.8 Å². The van der Waals surface area contributed by atoms with Gasteiger partial charge in [-0.15, -0.1) is 0 Å². The molecule has 0 aliphatic rings. The molecule has 0 unspecified atom stereocenters. The van der Waals surface area contributed by atoms with Crippen molar-refractivity contribution in [3.05, 3.63) is 47.5 Å². The van der Waals surface area contributed by atoms with Crippen molar-refractivity contribution in [3.8, 4) is 0 Å². The van der Waals surface area contributed by atoms with Gasteiger partial charge in [-0.05, 0) is 12.1 Å². The Labute approximate surface area is 112 Å². The molecule has 2 aromatic heterocycles. The molecule has 0 atom stereocenters. The summed E-state index contributed by atoms with van der Waals surface area (Å²) >= 11 is 5.61. The number of carbonyl (C=O) groups is 1. The van der Waals surface area contributed by atoms with Crippen LogP contribution in [0.4, 0.5) is 5.82 Å². The lowest BCUT2D eigenvalue weighted by molar-refractivity contribution is 0.102. The van der Waals surface area contributed by atoms with Crippen LogP contribution >= 0.6 is 11.6 Å². The highest BCUT2D eigenvalue weighted by Crippen LogP contribution is 2.19. The molecular weight excluding hydrogens is 266 g/mol. The number of aromatic amines is 1. The standard InChI is InChI=1S/C12H8ClN5O/c13-10-6-14-9(5-15-10)12(19)16-11-7-3-1-2-4-8(7)17-18-11/h1-6H,(H2,16,17,18,19). The third-order valence-corrected chi connectivity index (χ3v) is 2.75. The lowest BCUT2D eigenvalue weighted by atomic mass is 10.2. The van der Waals surface area contributed by atoms with Gasteiger partial charge in [-0.25, -0.2) is 9.97 Å². The third-order valence-electron chi connectivity index (χ3n) is 2.56. The SMILES string of the molecule is O=C(Nc1n[nH]c2ccccc12)c1cnc(Cl)cn1. The molecule has 0 saturated carbocycles. The number of hydrogen-bond acceptors (Lipinski definition) is 4. The quantitative estimate of drug-likeness (QED) is 0.750. The normalized spacial score (nSPS) is 10.6. The first-order valence-corrected chi connectivity index (χ1v) is 5.84. The van der Waals surface area contributed by atoms with E-state index in [2.05, 4.69) is 25.5 Å². The number of fused-ring (bicyclic) bond motifs is 1. The van der Waals surface area contributed by atoms with Crippen LogP contribution in [0, 0.1) is 0 Å². The number of aromatic nitrogens is 4. The van der Waals surface area contributed by atoms with E-state index in [0.717, 1.165) is 10.9 Å². The van der Waals surface area contributed by atoms with Crippen LogP contribution in [-0.4, -0.2) is 26.1 Å². The molecule has 0 bridgehead atoms. The fraction of sp³-hybridized carbons (Fsp3) is 0. The zero-order chi connectivity index (χ0) is 13.2. The molecule has 94 valence electrons. The maximum Gasteiger partial charge on any atom is 0.277 e. The first-order chi connectivity index (χ1) is 9.24. The molecule has 2 N–H and O–H groups in total. The Balaban J connectivity index is 1.89. The van der Waals surface area contributed by atoms with Gasteiger partial charge in [-0.2, -0.15) is 5.10 Å². The van der Waals surface area contributed by atoms with Crippen molar-refractivity contribution in [2.45, 2.75) is 0 Å². The lowest BCUT2D eigenvalue weighted by Crippen LogP contribution is -2.14. The van der Waals surface area contributed by atoms with Crippen molar-refractivity contribution in [1.82, 2.24) is 20.2 Å². The lowest BCUT2D eigenvalue weighted by Gasteiger charge is -2.01. The Bertz CT molecular complexity index is 737. The van der Waals surface area contributed by atoms with Gasteiger partial charge in [0.25, 0.3) is 5.91 Å². The number of halogens is 1. The van der Waals surface area contributed by atoms with Crippen molar-refractivity contribution in [2.75, 3.05) is 5.32 Å². The van der Waals surface area contributed by atoms with Crippen molar-refractivity contribution in [1.29, 1.82) is 0 Å². The first kappa shape index (κ1) is 11.6. The summed E-state index contributed by atoms with van der Waals surface area (Å²) in [5.41, 5.74) is 1.02. The van der Waals surface area contributed by atoms with Gasteiger partial charge in [0.15, 0.2) is 5.82 Å². The predicted molar refractivity (Wildman–Crippen MR) is 71.1 cm³/mol. The summed E-state index contributed by atoms with van der Waals surface area (Å²) in [6.07, 6.45) is 2.63. The highest BCUT2D eigenvalue weighted by Gasteiger charge is 2.12. The summed E-state index contributed by atoms with van der Waals surface area (Å²) in [5.74, 6) is 0.0683. The van der Waals surface area contributed by atoms with Crippen LogP contribution in [0.5, 0.6) is 0 Å². The molecule has 2 heterocycles. The molecule has 3 rings (SSSR count). The van der Waals surface area contributed by atoms with Crippen molar-refractivity contribution < 1.29 is 4.79 Å². The molecule has 1 amide bonds. The van der Waals surface area contributed by atoms with Gasteiger partial charge in [0, 0.05) is 5.39 Å². The van der Waals surface area contributed by atoms with Crippen LogP contribution in [-0.2, 0) is 0 Å². The highest BCUT2D eigenvalue weighted by molar-refractivity contribution is 6.29. The monoisotopic (exact) mass is 273 g/mol. The molecule has 0 aliphatic heterocycles. The van der Waals surface area contributed by atoms with E-state index in [1.54, 1.807) is 0 Å². The van der Waals surface area contributed by atoms with Gasteiger partial charge in [0.05, 0.1) is 17.9 Å².